The third-order valence-electron chi connectivity index (χ3n) is 3.70. The Morgan fingerprint density at radius 3 is 2.76 bits per heavy atom. The van der Waals surface area contributed by atoms with Crippen molar-refractivity contribution in [3.63, 3.8) is 0 Å². The molecular formula is C19H16ClNO2S2. The second-order valence-electron chi connectivity index (χ2n) is 5.38. The lowest BCUT2D eigenvalue weighted by atomic mass is 10.2. The van der Waals surface area contributed by atoms with E-state index < -0.39 is 0 Å². The minimum atomic E-state index is -0.0418. The normalized spacial score (nSPS) is 15.9. The summed E-state index contributed by atoms with van der Waals surface area (Å²) in [6.45, 7) is 2.89. The van der Waals surface area contributed by atoms with E-state index >= 15 is 0 Å². The molecule has 0 bridgehead atoms. The van der Waals surface area contributed by atoms with Gasteiger partial charge in [-0.1, -0.05) is 65.9 Å². The molecule has 0 spiro atoms. The zero-order valence-corrected chi connectivity index (χ0v) is 16.0. The maximum Gasteiger partial charge on any atom is 0.266 e. The van der Waals surface area contributed by atoms with Crippen molar-refractivity contribution in [3.05, 3.63) is 69.6 Å². The van der Waals surface area contributed by atoms with Gasteiger partial charge in [-0.05, 0) is 36.8 Å². The van der Waals surface area contributed by atoms with Gasteiger partial charge in [-0.15, -0.1) is 0 Å². The van der Waals surface area contributed by atoms with E-state index in [1.165, 1.54) is 11.8 Å². The Labute approximate surface area is 161 Å². The number of carbonyl (C=O) groups is 1. The lowest BCUT2D eigenvalue weighted by molar-refractivity contribution is -0.121. The first kappa shape index (κ1) is 18.0. The molecule has 6 heteroatoms. The highest BCUT2D eigenvalue weighted by molar-refractivity contribution is 8.26. The van der Waals surface area contributed by atoms with Crippen LogP contribution in [0.25, 0.3) is 6.08 Å². The Morgan fingerprint density at radius 1 is 1.24 bits per heavy atom. The molecule has 1 fully saturated rings. The summed E-state index contributed by atoms with van der Waals surface area (Å²) < 4.78 is 6.43. The van der Waals surface area contributed by atoms with Crippen molar-refractivity contribution in [2.75, 3.05) is 6.54 Å². The number of thioether (sulfide) groups is 1. The van der Waals surface area contributed by atoms with Crippen LogP contribution in [0.2, 0.25) is 5.02 Å². The molecule has 2 aromatic rings. The summed E-state index contributed by atoms with van der Waals surface area (Å²) in [7, 11) is 0. The largest absolute Gasteiger partial charge is 0.489 e. The summed E-state index contributed by atoms with van der Waals surface area (Å²) in [6.07, 6.45) is 1.84. The number of amides is 1. The zero-order valence-electron chi connectivity index (χ0n) is 13.6. The number of rotatable bonds is 5. The molecule has 0 atom stereocenters. The van der Waals surface area contributed by atoms with Gasteiger partial charge in [0, 0.05) is 17.1 Å². The molecule has 1 aliphatic rings. The minimum Gasteiger partial charge on any atom is -0.489 e. The molecule has 1 amide bonds. The van der Waals surface area contributed by atoms with Crippen LogP contribution in [0.4, 0.5) is 0 Å². The fourth-order valence-corrected chi connectivity index (χ4v) is 3.97. The van der Waals surface area contributed by atoms with Crippen LogP contribution < -0.4 is 4.74 Å². The Kier molecular flexibility index (Phi) is 5.78. The van der Waals surface area contributed by atoms with E-state index in [0.717, 1.165) is 16.9 Å². The molecule has 0 saturated carbocycles. The highest BCUT2D eigenvalue weighted by atomic mass is 35.5. The van der Waals surface area contributed by atoms with Gasteiger partial charge in [0.25, 0.3) is 5.91 Å². The second-order valence-corrected chi connectivity index (χ2v) is 7.46. The van der Waals surface area contributed by atoms with Crippen molar-refractivity contribution in [2.24, 2.45) is 0 Å². The summed E-state index contributed by atoms with van der Waals surface area (Å²) in [5.74, 6) is 0.680. The van der Waals surface area contributed by atoms with E-state index in [1.807, 2.05) is 61.5 Å². The number of hydrogen-bond acceptors (Lipinski definition) is 4. The van der Waals surface area contributed by atoms with Crippen LogP contribution in [-0.2, 0) is 11.4 Å². The third kappa shape index (κ3) is 4.24. The van der Waals surface area contributed by atoms with Gasteiger partial charge in [-0.2, -0.15) is 0 Å². The third-order valence-corrected chi connectivity index (χ3v) is 5.44. The standard InChI is InChI=1S/C19H16ClNO2S2/c1-2-21-18(22)17(25-19(21)24)11-13-6-5-8-15(10-13)23-12-14-7-3-4-9-16(14)20/h3-11H,2,12H2,1H3. The summed E-state index contributed by atoms with van der Waals surface area (Å²) in [4.78, 5) is 14.5. The molecular weight excluding hydrogens is 374 g/mol. The van der Waals surface area contributed by atoms with Crippen LogP contribution >= 0.6 is 35.6 Å². The van der Waals surface area contributed by atoms with Crippen molar-refractivity contribution in [2.45, 2.75) is 13.5 Å². The van der Waals surface area contributed by atoms with E-state index in [-0.39, 0.29) is 5.91 Å². The molecule has 3 rings (SSSR count). The maximum atomic E-state index is 12.3. The molecule has 1 aliphatic heterocycles. The summed E-state index contributed by atoms with van der Waals surface area (Å²) in [5.41, 5.74) is 1.83. The van der Waals surface area contributed by atoms with Crippen LogP contribution in [0.1, 0.15) is 18.1 Å². The Hall–Kier alpha value is -1.82. The Bertz CT molecular complexity index is 851. The SMILES string of the molecule is CCN1C(=O)C(=Cc2cccc(OCc3ccccc3Cl)c2)SC1=S. The number of benzene rings is 2. The number of carbonyl (C=O) groups excluding carboxylic acids is 1. The highest BCUT2D eigenvalue weighted by Crippen LogP contribution is 2.32. The summed E-state index contributed by atoms with van der Waals surface area (Å²) in [5, 5.41) is 0.682. The number of hydrogen-bond donors (Lipinski definition) is 0. The molecule has 0 N–H and O–H groups in total. The molecule has 2 aromatic carbocycles. The first-order chi connectivity index (χ1) is 12.1. The number of nitrogens with zero attached hydrogens (tertiary/aromatic N) is 1. The zero-order chi connectivity index (χ0) is 17.8. The molecule has 128 valence electrons. The van der Waals surface area contributed by atoms with Crippen LogP contribution in [0.3, 0.4) is 0 Å². The van der Waals surface area contributed by atoms with Crippen LogP contribution in [0.15, 0.2) is 53.4 Å². The predicted octanol–water partition coefficient (Wildman–Crippen LogP) is 5.14. The van der Waals surface area contributed by atoms with E-state index in [9.17, 15) is 4.79 Å². The Balaban J connectivity index is 1.74. The molecule has 0 aromatic heterocycles. The number of likely N-dealkylation sites (N-methyl/N-ethyl adjacent to an activating group) is 1. The van der Waals surface area contributed by atoms with Gasteiger partial charge < -0.3 is 4.74 Å². The Morgan fingerprint density at radius 2 is 2.04 bits per heavy atom. The van der Waals surface area contributed by atoms with E-state index in [1.54, 1.807) is 4.90 Å². The van der Waals surface area contributed by atoms with Crippen LogP contribution in [0.5, 0.6) is 5.75 Å². The smallest absolute Gasteiger partial charge is 0.266 e. The monoisotopic (exact) mass is 389 g/mol. The fourth-order valence-electron chi connectivity index (χ4n) is 2.39. The summed E-state index contributed by atoms with van der Waals surface area (Å²) >= 11 is 12.7. The van der Waals surface area contributed by atoms with Crippen molar-refractivity contribution in [1.29, 1.82) is 0 Å². The first-order valence-corrected chi connectivity index (χ1v) is 9.40. The molecule has 1 heterocycles. The van der Waals surface area contributed by atoms with Gasteiger partial charge in [0.1, 0.15) is 16.7 Å². The van der Waals surface area contributed by atoms with E-state index in [0.29, 0.717) is 27.4 Å². The fraction of sp³-hybridized carbons (Fsp3) is 0.158. The second kappa shape index (κ2) is 8.04. The number of ether oxygens (including phenoxy) is 1. The maximum absolute atomic E-state index is 12.3. The van der Waals surface area contributed by atoms with Gasteiger partial charge in [-0.25, -0.2) is 0 Å². The first-order valence-electron chi connectivity index (χ1n) is 7.80. The van der Waals surface area contributed by atoms with Gasteiger partial charge in [-0.3, -0.25) is 9.69 Å². The van der Waals surface area contributed by atoms with Crippen molar-refractivity contribution < 1.29 is 9.53 Å². The molecule has 0 unspecified atom stereocenters. The molecule has 3 nitrogen and oxygen atoms in total. The van der Waals surface area contributed by atoms with Gasteiger partial charge in [0.15, 0.2) is 0 Å². The number of halogens is 1. The van der Waals surface area contributed by atoms with Gasteiger partial charge in [0.05, 0.1) is 4.91 Å². The van der Waals surface area contributed by atoms with E-state index in [2.05, 4.69) is 0 Å². The topological polar surface area (TPSA) is 29.5 Å². The number of thiocarbonyl (C=S) groups is 1. The van der Waals surface area contributed by atoms with Crippen molar-refractivity contribution in [3.8, 4) is 5.75 Å². The predicted molar refractivity (Wildman–Crippen MR) is 108 cm³/mol. The van der Waals surface area contributed by atoms with Gasteiger partial charge in [0.2, 0.25) is 0 Å². The van der Waals surface area contributed by atoms with Crippen LogP contribution in [-0.4, -0.2) is 21.7 Å². The molecule has 25 heavy (non-hydrogen) atoms. The quantitative estimate of drug-likeness (QED) is 0.523. The van der Waals surface area contributed by atoms with Crippen molar-refractivity contribution >= 4 is 51.9 Å². The average molecular weight is 390 g/mol. The summed E-state index contributed by atoms with van der Waals surface area (Å²) in [6, 6.07) is 15.2. The minimum absolute atomic E-state index is 0.0418. The average Bonchev–Trinajstić information content (AvgIpc) is 2.87. The van der Waals surface area contributed by atoms with E-state index in [4.69, 9.17) is 28.6 Å². The molecule has 1 saturated heterocycles. The molecule has 0 aliphatic carbocycles. The van der Waals surface area contributed by atoms with Gasteiger partial charge >= 0.3 is 0 Å². The highest BCUT2D eigenvalue weighted by Gasteiger charge is 2.30. The lowest BCUT2D eigenvalue weighted by Gasteiger charge is -2.09. The lowest BCUT2D eigenvalue weighted by Crippen LogP contribution is -2.27. The molecule has 0 radical (unpaired) electrons. The van der Waals surface area contributed by atoms with Crippen molar-refractivity contribution in [1.82, 2.24) is 4.90 Å². The van der Waals surface area contributed by atoms with Crippen LogP contribution in [0, 0.1) is 0 Å².